The van der Waals surface area contributed by atoms with Crippen molar-refractivity contribution >= 4 is 18.4 Å². The topological polar surface area (TPSA) is 78.8 Å². The summed E-state index contributed by atoms with van der Waals surface area (Å²) >= 11 is 0. The standard InChI is InChI=1S/C26H28FNO4.ClH/c1-18(28-17-24(29)21-5-3-2-4-6-21)15-19-7-9-20(10-8-19)22-11-12-23(26(30)31)25(16-22)32-14-13-27;/h2-12,16,18,24,28-29H,13-15,17H2,1H3,(H,30,31);1H/t18-,24+;/m1./s1. The van der Waals surface area contributed by atoms with E-state index in [4.69, 9.17) is 4.74 Å². The number of carboxylic acid groups (broad SMARTS) is 1. The molecule has 0 fully saturated rings. The summed E-state index contributed by atoms with van der Waals surface area (Å²) in [5.41, 5.74) is 3.75. The van der Waals surface area contributed by atoms with E-state index in [1.165, 1.54) is 6.07 Å². The summed E-state index contributed by atoms with van der Waals surface area (Å²) in [6.07, 6.45) is 0.244. The van der Waals surface area contributed by atoms with Crippen molar-refractivity contribution in [2.24, 2.45) is 0 Å². The lowest BCUT2D eigenvalue weighted by Gasteiger charge is -2.18. The average Bonchev–Trinajstić information content (AvgIpc) is 2.82. The van der Waals surface area contributed by atoms with Crippen molar-refractivity contribution in [1.29, 1.82) is 0 Å². The molecule has 7 heteroatoms. The highest BCUT2D eigenvalue weighted by Crippen LogP contribution is 2.28. The van der Waals surface area contributed by atoms with Gasteiger partial charge in [-0.2, -0.15) is 0 Å². The van der Waals surface area contributed by atoms with E-state index in [2.05, 4.69) is 12.2 Å². The molecule has 0 bridgehead atoms. The zero-order valence-corrected chi connectivity index (χ0v) is 19.2. The highest BCUT2D eigenvalue weighted by molar-refractivity contribution is 5.92. The largest absolute Gasteiger partial charge is 0.490 e. The minimum Gasteiger partial charge on any atom is -0.490 e. The smallest absolute Gasteiger partial charge is 0.339 e. The number of carboxylic acids is 1. The van der Waals surface area contributed by atoms with Gasteiger partial charge in [0.1, 0.15) is 24.6 Å². The van der Waals surface area contributed by atoms with Crippen LogP contribution in [0.2, 0.25) is 0 Å². The molecule has 2 atom stereocenters. The summed E-state index contributed by atoms with van der Waals surface area (Å²) in [4.78, 5) is 11.4. The van der Waals surface area contributed by atoms with E-state index in [1.807, 2.05) is 54.6 Å². The molecular formula is C26H29ClFNO4. The van der Waals surface area contributed by atoms with Crippen LogP contribution in [0.3, 0.4) is 0 Å². The molecule has 0 spiro atoms. The molecule has 0 unspecified atom stereocenters. The maximum atomic E-state index is 12.5. The van der Waals surface area contributed by atoms with Crippen LogP contribution in [0.1, 0.15) is 34.5 Å². The second-order valence-electron chi connectivity index (χ2n) is 7.69. The van der Waals surface area contributed by atoms with E-state index in [1.54, 1.807) is 12.1 Å². The summed E-state index contributed by atoms with van der Waals surface area (Å²) in [7, 11) is 0. The van der Waals surface area contributed by atoms with Crippen LogP contribution in [0.4, 0.5) is 4.39 Å². The zero-order chi connectivity index (χ0) is 22.9. The number of benzene rings is 3. The highest BCUT2D eigenvalue weighted by atomic mass is 35.5. The maximum Gasteiger partial charge on any atom is 0.339 e. The number of aliphatic hydroxyl groups is 1. The fourth-order valence-corrected chi connectivity index (χ4v) is 3.51. The van der Waals surface area contributed by atoms with Crippen LogP contribution in [0.15, 0.2) is 72.8 Å². The number of halogens is 2. The van der Waals surface area contributed by atoms with Crippen LogP contribution < -0.4 is 10.1 Å². The fraction of sp³-hybridized carbons (Fsp3) is 0.269. The summed E-state index contributed by atoms with van der Waals surface area (Å²) < 4.78 is 17.8. The average molecular weight is 474 g/mol. The van der Waals surface area contributed by atoms with Crippen molar-refractivity contribution in [3.05, 3.63) is 89.5 Å². The Bertz CT molecular complexity index is 1010. The Balaban J connectivity index is 0.00000385. The summed E-state index contributed by atoms with van der Waals surface area (Å²) in [6.45, 7) is 1.67. The third-order valence-electron chi connectivity index (χ3n) is 5.22. The Morgan fingerprint density at radius 1 is 1.03 bits per heavy atom. The molecule has 3 aromatic rings. The van der Waals surface area contributed by atoms with Gasteiger partial charge in [0.05, 0.1) is 6.10 Å². The van der Waals surface area contributed by atoms with E-state index in [0.717, 1.165) is 28.7 Å². The van der Waals surface area contributed by atoms with Crippen LogP contribution in [0.25, 0.3) is 11.1 Å². The molecule has 0 aromatic heterocycles. The first kappa shape index (κ1) is 26.3. The number of alkyl halides is 1. The number of aromatic carboxylic acids is 1. The fourth-order valence-electron chi connectivity index (χ4n) is 3.51. The normalized spacial score (nSPS) is 12.5. The summed E-state index contributed by atoms with van der Waals surface area (Å²) in [5, 5.41) is 23.0. The number of nitrogens with one attached hydrogen (secondary N) is 1. The molecule has 3 aromatic carbocycles. The van der Waals surface area contributed by atoms with Crippen LogP contribution in [-0.4, -0.2) is 42.1 Å². The van der Waals surface area contributed by atoms with Gasteiger partial charge in [0.25, 0.3) is 0 Å². The van der Waals surface area contributed by atoms with Gasteiger partial charge in [-0.1, -0.05) is 60.7 Å². The van der Waals surface area contributed by atoms with E-state index in [0.29, 0.717) is 6.54 Å². The van der Waals surface area contributed by atoms with Gasteiger partial charge >= 0.3 is 5.97 Å². The van der Waals surface area contributed by atoms with E-state index in [-0.39, 0.29) is 36.4 Å². The molecule has 0 saturated heterocycles. The molecule has 0 amide bonds. The van der Waals surface area contributed by atoms with E-state index < -0.39 is 18.7 Å². The maximum absolute atomic E-state index is 12.5. The third-order valence-corrected chi connectivity index (χ3v) is 5.22. The highest BCUT2D eigenvalue weighted by Gasteiger charge is 2.13. The van der Waals surface area contributed by atoms with Crippen LogP contribution in [-0.2, 0) is 6.42 Å². The van der Waals surface area contributed by atoms with Crippen LogP contribution in [0.5, 0.6) is 5.75 Å². The lowest BCUT2D eigenvalue weighted by molar-refractivity contribution is 0.0691. The minimum absolute atomic E-state index is 0. The lowest BCUT2D eigenvalue weighted by Crippen LogP contribution is -2.32. The van der Waals surface area contributed by atoms with Gasteiger partial charge in [0.15, 0.2) is 0 Å². The van der Waals surface area contributed by atoms with E-state index >= 15 is 0 Å². The van der Waals surface area contributed by atoms with Crippen molar-refractivity contribution in [3.8, 4) is 16.9 Å². The van der Waals surface area contributed by atoms with Crippen molar-refractivity contribution < 1.29 is 24.1 Å². The minimum atomic E-state index is -1.11. The molecule has 33 heavy (non-hydrogen) atoms. The molecular weight excluding hydrogens is 445 g/mol. The van der Waals surface area contributed by atoms with Gasteiger partial charge in [-0.05, 0) is 47.7 Å². The number of ether oxygens (including phenoxy) is 1. The first-order chi connectivity index (χ1) is 15.5. The molecule has 0 heterocycles. The molecule has 5 nitrogen and oxygen atoms in total. The number of hydrogen-bond donors (Lipinski definition) is 3. The van der Waals surface area contributed by atoms with Crippen molar-refractivity contribution in [3.63, 3.8) is 0 Å². The second-order valence-corrected chi connectivity index (χ2v) is 7.69. The number of aliphatic hydroxyl groups excluding tert-OH is 1. The van der Waals surface area contributed by atoms with Crippen molar-refractivity contribution in [1.82, 2.24) is 5.32 Å². The Hall–Kier alpha value is -2.93. The third kappa shape index (κ3) is 7.56. The molecule has 0 saturated carbocycles. The summed E-state index contributed by atoms with van der Waals surface area (Å²) in [6, 6.07) is 22.5. The Morgan fingerprint density at radius 3 is 2.33 bits per heavy atom. The number of carbonyl (C=O) groups is 1. The Morgan fingerprint density at radius 2 is 1.70 bits per heavy atom. The zero-order valence-electron chi connectivity index (χ0n) is 18.4. The quantitative estimate of drug-likeness (QED) is 0.362. The summed E-state index contributed by atoms with van der Waals surface area (Å²) in [5.74, 6) is -0.953. The molecule has 0 aliphatic rings. The van der Waals surface area contributed by atoms with Crippen LogP contribution in [0, 0.1) is 0 Å². The first-order valence-electron chi connectivity index (χ1n) is 10.6. The molecule has 0 aliphatic heterocycles. The first-order valence-corrected chi connectivity index (χ1v) is 10.6. The predicted molar refractivity (Wildman–Crippen MR) is 130 cm³/mol. The molecule has 3 rings (SSSR count). The molecule has 176 valence electrons. The van der Waals surface area contributed by atoms with Crippen LogP contribution >= 0.6 is 12.4 Å². The molecule has 3 N–H and O–H groups in total. The van der Waals surface area contributed by atoms with Gasteiger partial charge in [-0.25, -0.2) is 9.18 Å². The van der Waals surface area contributed by atoms with Gasteiger partial charge < -0.3 is 20.3 Å². The SMILES string of the molecule is C[C@H](Cc1ccc(-c2ccc(C(=O)O)c(OCCF)c2)cc1)NC[C@H](O)c1ccccc1.Cl. The monoisotopic (exact) mass is 473 g/mol. The van der Waals surface area contributed by atoms with Gasteiger partial charge in [0, 0.05) is 12.6 Å². The lowest BCUT2D eigenvalue weighted by atomic mass is 9.99. The second kappa shape index (κ2) is 12.9. The van der Waals surface area contributed by atoms with Gasteiger partial charge in [-0.3, -0.25) is 0 Å². The molecule has 0 aliphatic carbocycles. The predicted octanol–water partition coefficient (Wildman–Crippen LogP) is 5.08. The van der Waals surface area contributed by atoms with E-state index in [9.17, 15) is 19.4 Å². The Labute approximate surface area is 199 Å². The number of rotatable bonds is 11. The van der Waals surface area contributed by atoms with Crippen molar-refractivity contribution in [2.45, 2.75) is 25.5 Å². The van der Waals surface area contributed by atoms with Gasteiger partial charge in [0.2, 0.25) is 0 Å². The Kier molecular flexibility index (Phi) is 10.3. The van der Waals surface area contributed by atoms with Gasteiger partial charge in [-0.15, -0.1) is 12.4 Å². The number of hydrogen-bond acceptors (Lipinski definition) is 4. The van der Waals surface area contributed by atoms with Crippen molar-refractivity contribution in [2.75, 3.05) is 19.8 Å². The molecule has 0 radical (unpaired) electrons.